The van der Waals surface area contributed by atoms with E-state index in [2.05, 4.69) is 10.6 Å². The van der Waals surface area contributed by atoms with E-state index >= 15 is 0 Å². The van der Waals surface area contributed by atoms with Crippen molar-refractivity contribution in [1.82, 2.24) is 5.32 Å². The number of rotatable bonds is 3. The zero-order valence-corrected chi connectivity index (χ0v) is 9.34. The first-order valence-corrected chi connectivity index (χ1v) is 5.03. The first kappa shape index (κ1) is 12.3. The molecule has 2 amide bonds. The number of carbonyl (C=O) groups excluding carboxylic acids is 2. The molecular formula is C10H11ClN2O3. The third kappa shape index (κ3) is 2.87. The molecule has 0 aromatic heterocycles. The molecule has 1 aromatic rings. The van der Waals surface area contributed by atoms with Crippen LogP contribution in [-0.2, 0) is 4.79 Å². The van der Waals surface area contributed by atoms with E-state index in [1.165, 1.54) is 25.2 Å². The summed E-state index contributed by atoms with van der Waals surface area (Å²) in [6.45, 7) is 0. The van der Waals surface area contributed by atoms with Crippen molar-refractivity contribution in [3.63, 3.8) is 0 Å². The normalized spacial score (nSPS) is 9.62. The Morgan fingerprint density at radius 2 is 2.12 bits per heavy atom. The number of phenols is 1. The topological polar surface area (TPSA) is 78.4 Å². The molecule has 0 spiro atoms. The molecule has 3 N–H and O–H groups in total. The molecule has 0 atom stereocenters. The first-order chi connectivity index (χ1) is 7.58. The van der Waals surface area contributed by atoms with Crippen molar-refractivity contribution < 1.29 is 14.7 Å². The van der Waals surface area contributed by atoms with E-state index in [4.69, 9.17) is 11.6 Å². The maximum Gasteiger partial charge on any atom is 0.251 e. The van der Waals surface area contributed by atoms with Gasteiger partial charge in [0.1, 0.15) is 11.6 Å². The van der Waals surface area contributed by atoms with Crippen LogP contribution >= 0.6 is 11.6 Å². The fourth-order valence-corrected chi connectivity index (χ4v) is 1.17. The van der Waals surface area contributed by atoms with E-state index in [9.17, 15) is 14.7 Å². The summed E-state index contributed by atoms with van der Waals surface area (Å²) in [5.41, 5.74) is 0.497. The molecule has 0 saturated carbocycles. The summed E-state index contributed by atoms with van der Waals surface area (Å²) >= 11 is 5.31. The highest BCUT2D eigenvalue weighted by atomic mass is 35.5. The van der Waals surface area contributed by atoms with E-state index < -0.39 is 5.91 Å². The molecule has 0 unspecified atom stereocenters. The van der Waals surface area contributed by atoms with Crippen molar-refractivity contribution in [2.75, 3.05) is 18.2 Å². The second kappa shape index (κ2) is 5.37. The second-order valence-electron chi connectivity index (χ2n) is 2.99. The van der Waals surface area contributed by atoms with Gasteiger partial charge in [0.05, 0.1) is 5.69 Å². The number of amides is 2. The molecule has 6 heteroatoms. The maximum absolute atomic E-state index is 11.3. The highest BCUT2D eigenvalue weighted by Crippen LogP contribution is 2.24. The Morgan fingerprint density at radius 1 is 1.44 bits per heavy atom. The lowest BCUT2D eigenvalue weighted by molar-refractivity contribution is -0.113. The van der Waals surface area contributed by atoms with Crippen LogP contribution in [-0.4, -0.2) is 29.8 Å². The number of phenolic OH excluding ortho intramolecular Hbond substituents is 1. The maximum atomic E-state index is 11.3. The van der Waals surface area contributed by atoms with Gasteiger partial charge >= 0.3 is 0 Å². The van der Waals surface area contributed by atoms with Gasteiger partial charge in [-0.2, -0.15) is 0 Å². The van der Waals surface area contributed by atoms with Gasteiger partial charge in [0.25, 0.3) is 5.91 Å². The number of halogens is 1. The molecule has 0 bridgehead atoms. The van der Waals surface area contributed by atoms with Crippen LogP contribution in [0.3, 0.4) is 0 Å². The van der Waals surface area contributed by atoms with Crippen molar-refractivity contribution in [3.8, 4) is 5.75 Å². The lowest BCUT2D eigenvalue weighted by atomic mass is 10.1. The van der Waals surface area contributed by atoms with Crippen LogP contribution in [0.2, 0.25) is 0 Å². The summed E-state index contributed by atoms with van der Waals surface area (Å²) in [6.07, 6.45) is 0. The Morgan fingerprint density at radius 3 is 2.69 bits per heavy atom. The fourth-order valence-electron chi connectivity index (χ4n) is 1.11. The predicted molar refractivity (Wildman–Crippen MR) is 60.8 cm³/mol. The molecular weight excluding hydrogens is 232 g/mol. The zero-order chi connectivity index (χ0) is 12.1. The van der Waals surface area contributed by atoms with Crippen molar-refractivity contribution in [1.29, 1.82) is 0 Å². The Kier molecular flexibility index (Phi) is 4.13. The SMILES string of the molecule is CNC(=O)c1ccc(O)c(NC(=O)CCl)c1. The molecule has 0 fully saturated rings. The van der Waals surface area contributed by atoms with Crippen LogP contribution < -0.4 is 10.6 Å². The first-order valence-electron chi connectivity index (χ1n) is 4.49. The van der Waals surface area contributed by atoms with Gasteiger partial charge in [-0.15, -0.1) is 11.6 Å². The van der Waals surface area contributed by atoms with Crippen LogP contribution in [0.5, 0.6) is 5.75 Å². The van der Waals surface area contributed by atoms with E-state index in [-0.39, 0.29) is 23.2 Å². The quantitative estimate of drug-likeness (QED) is 0.545. The average Bonchev–Trinajstić information content (AvgIpc) is 2.30. The minimum absolute atomic E-state index is 0.119. The van der Waals surface area contributed by atoms with Gasteiger partial charge in [-0.05, 0) is 18.2 Å². The molecule has 0 aliphatic heterocycles. The van der Waals surface area contributed by atoms with Gasteiger partial charge in [-0.25, -0.2) is 0 Å². The Labute approximate surface area is 97.4 Å². The number of carbonyl (C=O) groups is 2. The lowest BCUT2D eigenvalue weighted by Gasteiger charge is -2.07. The van der Waals surface area contributed by atoms with Gasteiger partial charge in [-0.3, -0.25) is 9.59 Å². The third-order valence-electron chi connectivity index (χ3n) is 1.88. The molecule has 0 aliphatic rings. The summed E-state index contributed by atoms with van der Waals surface area (Å²) in [5, 5.41) is 14.3. The number of hydrogen-bond acceptors (Lipinski definition) is 3. The van der Waals surface area contributed by atoms with Gasteiger partial charge in [0, 0.05) is 12.6 Å². The van der Waals surface area contributed by atoms with Crippen LogP contribution in [0.1, 0.15) is 10.4 Å². The smallest absolute Gasteiger partial charge is 0.251 e. The molecule has 86 valence electrons. The second-order valence-corrected chi connectivity index (χ2v) is 3.26. The standard InChI is InChI=1S/C10H11ClN2O3/c1-12-10(16)6-2-3-8(14)7(4-6)13-9(15)5-11/h2-4,14H,5H2,1H3,(H,12,16)(H,13,15). The summed E-state index contributed by atoms with van der Waals surface area (Å²) in [6, 6.07) is 4.15. The third-order valence-corrected chi connectivity index (χ3v) is 2.12. The van der Waals surface area contributed by atoms with Crippen LogP contribution in [0.4, 0.5) is 5.69 Å². The molecule has 0 heterocycles. The molecule has 0 aliphatic carbocycles. The number of benzene rings is 1. The van der Waals surface area contributed by atoms with Crippen molar-refractivity contribution in [2.45, 2.75) is 0 Å². The van der Waals surface area contributed by atoms with Gasteiger partial charge < -0.3 is 15.7 Å². The molecule has 0 radical (unpaired) electrons. The van der Waals surface area contributed by atoms with E-state index in [0.29, 0.717) is 5.56 Å². The minimum Gasteiger partial charge on any atom is -0.506 e. The van der Waals surface area contributed by atoms with E-state index in [1.807, 2.05) is 0 Å². The Balaban J connectivity index is 2.99. The molecule has 1 rings (SSSR count). The average molecular weight is 243 g/mol. The van der Waals surface area contributed by atoms with Crippen molar-refractivity contribution in [2.24, 2.45) is 0 Å². The van der Waals surface area contributed by atoms with E-state index in [0.717, 1.165) is 0 Å². The van der Waals surface area contributed by atoms with Crippen molar-refractivity contribution in [3.05, 3.63) is 23.8 Å². The number of alkyl halides is 1. The van der Waals surface area contributed by atoms with Gasteiger partial charge in [0.2, 0.25) is 5.91 Å². The van der Waals surface area contributed by atoms with Crippen LogP contribution in [0, 0.1) is 0 Å². The van der Waals surface area contributed by atoms with Crippen LogP contribution in [0.15, 0.2) is 18.2 Å². The highest BCUT2D eigenvalue weighted by Gasteiger charge is 2.09. The minimum atomic E-state index is -0.453. The number of anilines is 1. The van der Waals surface area contributed by atoms with E-state index in [1.54, 1.807) is 0 Å². The summed E-state index contributed by atoms with van der Waals surface area (Å²) < 4.78 is 0. The predicted octanol–water partition coefficient (Wildman–Crippen LogP) is 0.929. The van der Waals surface area contributed by atoms with Crippen molar-refractivity contribution >= 4 is 29.1 Å². The number of aromatic hydroxyl groups is 1. The molecule has 0 saturated heterocycles. The number of hydrogen-bond donors (Lipinski definition) is 3. The molecule has 5 nitrogen and oxygen atoms in total. The van der Waals surface area contributed by atoms with Gasteiger partial charge in [-0.1, -0.05) is 0 Å². The molecule has 1 aromatic carbocycles. The Bertz CT molecular complexity index is 421. The summed E-state index contributed by atoms with van der Waals surface area (Å²) in [5.74, 6) is -1.09. The lowest BCUT2D eigenvalue weighted by Crippen LogP contribution is -2.18. The molecule has 16 heavy (non-hydrogen) atoms. The summed E-state index contributed by atoms with van der Waals surface area (Å²) in [4.78, 5) is 22.3. The van der Waals surface area contributed by atoms with Gasteiger partial charge in [0.15, 0.2) is 0 Å². The monoisotopic (exact) mass is 242 g/mol. The Hall–Kier alpha value is -1.75. The number of nitrogens with one attached hydrogen (secondary N) is 2. The largest absolute Gasteiger partial charge is 0.506 e. The zero-order valence-electron chi connectivity index (χ0n) is 8.58. The summed E-state index contributed by atoms with van der Waals surface area (Å²) in [7, 11) is 1.49. The highest BCUT2D eigenvalue weighted by molar-refractivity contribution is 6.29. The van der Waals surface area contributed by atoms with Crippen LogP contribution in [0.25, 0.3) is 0 Å². The fraction of sp³-hybridized carbons (Fsp3) is 0.200.